The largest absolute Gasteiger partial charge is 0.355 e. The molecule has 1 aliphatic rings. The van der Waals surface area contributed by atoms with Crippen molar-refractivity contribution in [2.45, 2.75) is 31.8 Å². The normalized spacial score (nSPS) is 22.1. The van der Waals surface area contributed by atoms with Crippen LogP contribution in [-0.4, -0.2) is 23.5 Å². The molecule has 2 N–H and O–H groups in total. The SMILES string of the molecule is O=C1NCCCCC1NCc1nccs1. The van der Waals surface area contributed by atoms with Crippen molar-refractivity contribution in [1.29, 1.82) is 0 Å². The summed E-state index contributed by atoms with van der Waals surface area (Å²) in [5.74, 6) is 0.129. The van der Waals surface area contributed by atoms with Gasteiger partial charge in [0.2, 0.25) is 5.91 Å². The molecule has 5 heteroatoms. The molecule has 1 aromatic heterocycles. The molecule has 0 saturated carbocycles. The first-order valence-electron chi connectivity index (χ1n) is 5.26. The molecule has 0 radical (unpaired) electrons. The Morgan fingerprint density at radius 2 is 2.53 bits per heavy atom. The summed E-state index contributed by atoms with van der Waals surface area (Å²) in [5.41, 5.74) is 0. The van der Waals surface area contributed by atoms with E-state index in [0.717, 1.165) is 30.8 Å². The van der Waals surface area contributed by atoms with Crippen molar-refractivity contribution in [3.8, 4) is 0 Å². The molecular weight excluding hydrogens is 210 g/mol. The summed E-state index contributed by atoms with van der Waals surface area (Å²) in [6, 6.07) is -0.0450. The fourth-order valence-electron chi connectivity index (χ4n) is 1.68. The molecular formula is C10H15N3OS. The van der Waals surface area contributed by atoms with Gasteiger partial charge in [0.15, 0.2) is 0 Å². The fourth-order valence-corrected chi connectivity index (χ4v) is 2.25. The van der Waals surface area contributed by atoms with E-state index in [1.807, 2.05) is 5.38 Å². The summed E-state index contributed by atoms with van der Waals surface area (Å²) < 4.78 is 0. The summed E-state index contributed by atoms with van der Waals surface area (Å²) >= 11 is 1.61. The minimum atomic E-state index is -0.0450. The second-order valence-corrected chi connectivity index (χ2v) is 4.63. The Morgan fingerprint density at radius 1 is 1.60 bits per heavy atom. The van der Waals surface area contributed by atoms with Crippen LogP contribution in [-0.2, 0) is 11.3 Å². The monoisotopic (exact) mass is 225 g/mol. The second-order valence-electron chi connectivity index (χ2n) is 3.65. The van der Waals surface area contributed by atoms with Gasteiger partial charge in [-0.15, -0.1) is 11.3 Å². The number of aromatic nitrogens is 1. The highest BCUT2D eigenvalue weighted by molar-refractivity contribution is 7.09. The van der Waals surface area contributed by atoms with Gasteiger partial charge in [0, 0.05) is 24.7 Å². The van der Waals surface area contributed by atoms with Crippen LogP contribution in [0.5, 0.6) is 0 Å². The van der Waals surface area contributed by atoms with Crippen molar-refractivity contribution in [2.75, 3.05) is 6.54 Å². The van der Waals surface area contributed by atoms with Crippen LogP contribution in [0.3, 0.4) is 0 Å². The first-order valence-corrected chi connectivity index (χ1v) is 6.14. The van der Waals surface area contributed by atoms with Gasteiger partial charge in [-0.05, 0) is 19.3 Å². The van der Waals surface area contributed by atoms with E-state index in [2.05, 4.69) is 15.6 Å². The van der Waals surface area contributed by atoms with Crippen molar-refractivity contribution >= 4 is 17.2 Å². The van der Waals surface area contributed by atoms with E-state index in [4.69, 9.17) is 0 Å². The van der Waals surface area contributed by atoms with Crippen molar-refractivity contribution in [1.82, 2.24) is 15.6 Å². The van der Waals surface area contributed by atoms with Crippen molar-refractivity contribution in [3.63, 3.8) is 0 Å². The van der Waals surface area contributed by atoms with Crippen LogP contribution in [0.2, 0.25) is 0 Å². The lowest BCUT2D eigenvalue weighted by Crippen LogP contribution is -2.42. The molecule has 0 aliphatic carbocycles. The van der Waals surface area contributed by atoms with Crippen LogP contribution < -0.4 is 10.6 Å². The molecule has 0 aromatic carbocycles. The maximum absolute atomic E-state index is 11.6. The van der Waals surface area contributed by atoms with E-state index >= 15 is 0 Å². The molecule has 1 atom stereocenters. The van der Waals surface area contributed by atoms with Crippen molar-refractivity contribution in [3.05, 3.63) is 16.6 Å². The highest BCUT2D eigenvalue weighted by atomic mass is 32.1. The third kappa shape index (κ3) is 3.00. The Labute approximate surface area is 93.1 Å². The molecule has 1 amide bonds. The van der Waals surface area contributed by atoms with Crippen molar-refractivity contribution in [2.24, 2.45) is 0 Å². The first-order chi connectivity index (χ1) is 7.36. The number of carbonyl (C=O) groups excluding carboxylic acids is 1. The molecule has 4 nitrogen and oxygen atoms in total. The number of carbonyl (C=O) groups is 1. The van der Waals surface area contributed by atoms with Gasteiger partial charge < -0.3 is 5.32 Å². The molecule has 0 bridgehead atoms. The zero-order valence-corrected chi connectivity index (χ0v) is 9.35. The van der Waals surface area contributed by atoms with Gasteiger partial charge in [-0.25, -0.2) is 4.98 Å². The number of hydrogen-bond donors (Lipinski definition) is 2. The lowest BCUT2D eigenvalue weighted by molar-refractivity contribution is -0.122. The maximum Gasteiger partial charge on any atom is 0.237 e. The van der Waals surface area contributed by atoms with Gasteiger partial charge in [-0.1, -0.05) is 0 Å². The van der Waals surface area contributed by atoms with Gasteiger partial charge in [-0.2, -0.15) is 0 Å². The van der Waals surface area contributed by atoms with Gasteiger partial charge >= 0.3 is 0 Å². The number of hydrogen-bond acceptors (Lipinski definition) is 4. The summed E-state index contributed by atoms with van der Waals surface area (Å²) in [6.45, 7) is 1.50. The number of thiazole rings is 1. The van der Waals surface area contributed by atoms with Gasteiger partial charge in [-0.3, -0.25) is 10.1 Å². The Hall–Kier alpha value is -0.940. The smallest absolute Gasteiger partial charge is 0.237 e. The zero-order chi connectivity index (χ0) is 10.5. The Balaban J connectivity index is 1.84. The molecule has 15 heavy (non-hydrogen) atoms. The van der Waals surface area contributed by atoms with E-state index < -0.39 is 0 Å². The minimum Gasteiger partial charge on any atom is -0.355 e. The van der Waals surface area contributed by atoms with Crippen LogP contribution in [0.1, 0.15) is 24.3 Å². The Bertz CT molecular complexity index is 312. The molecule has 0 spiro atoms. The van der Waals surface area contributed by atoms with Crippen LogP contribution in [0.25, 0.3) is 0 Å². The van der Waals surface area contributed by atoms with Crippen LogP contribution >= 0.6 is 11.3 Å². The van der Waals surface area contributed by atoms with Crippen molar-refractivity contribution < 1.29 is 4.79 Å². The highest BCUT2D eigenvalue weighted by Gasteiger charge is 2.19. The van der Waals surface area contributed by atoms with Crippen LogP contribution in [0.15, 0.2) is 11.6 Å². The third-order valence-electron chi connectivity index (χ3n) is 2.52. The number of rotatable bonds is 3. The topological polar surface area (TPSA) is 54.0 Å². The van der Waals surface area contributed by atoms with E-state index in [1.54, 1.807) is 17.5 Å². The Kier molecular flexibility index (Phi) is 3.69. The predicted octanol–water partition coefficient (Wildman–Crippen LogP) is 0.901. The third-order valence-corrected chi connectivity index (χ3v) is 3.30. The van der Waals surface area contributed by atoms with Gasteiger partial charge in [0.05, 0.1) is 6.04 Å². The number of nitrogens with zero attached hydrogens (tertiary/aromatic N) is 1. The Morgan fingerprint density at radius 3 is 3.33 bits per heavy atom. The zero-order valence-electron chi connectivity index (χ0n) is 8.53. The van der Waals surface area contributed by atoms with Crippen LogP contribution in [0.4, 0.5) is 0 Å². The lowest BCUT2D eigenvalue weighted by Gasteiger charge is -2.13. The lowest BCUT2D eigenvalue weighted by atomic mass is 10.1. The molecule has 1 unspecified atom stereocenters. The van der Waals surface area contributed by atoms with Crippen LogP contribution in [0, 0.1) is 0 Å². The molecule has 82 valence electrons. The predicted molar refractivity (Wildman–Crippen MR) is 59.6 cm³/mol. The van der Waals surface area contributed by atoms with E-state index in [9.17, 15) is 4.79 Å². The molecule has 1 aromatic rings. The molecule has 2 heterocycles. The maximum atomic E-state index is 11.6. The summed E-state index contributed by atoms with van der Waals surface area (Å²) in [6.07, 6.45) is 4.90. The van der Waals surface area contributed by atoms with E-state index in [1.165, 1.54) is 0 Å². The van der Waals surface area contributed by atoms with Gasteiger partial charge in [0.1, 0.15) is 5.01 Å². The standard InChI is InChI=1S/C10H15N3OS/c14-10-8(3-1-2-4-12-10)13-7-9-11-5-6-15-9/h5-6,8,13H,1-4,7H2,(H,12,14). The number of amides is 1. The average Bonchev–Trinajstić information content (AvgIpc) is 2.67. The minimum absolute atomic E-state index is 0.0450. The average molecular weight is 225 g/mol. The summed E-state index contributed by atoms with van der Waals surface area (Å²) in [5, 5.41) is 9.14. The summed E-state index contributed by atoms with van der Waals surface area (Å²) in [7, 11) is 0. The second kappa shape index (κ2) is 5.23. The molecule has 1 fully saturated rings. The molecule has 1 aliphatic heterocycles. The number of nitrogens with one attached hydrogen (secondary N) is 2. The highest BCUT2D eigenvalue weighted by Crippen LogP contribution is 2.08. The van der Waals surface area contributed by atoms with Gasteiger partial charge in [0.25, 0.3) is 0 Å². The van der Waals surface area contributed by atoms with E-state index in [0.29, 0.717) is 6.54 Å². The summed E-state index contributed by atoms with van der Waals surface area (Å²) in [4.78, 5) is 15.8. The quantitative estimate of drug-likeness (QED) is 0.803. The van der Waals surface area contributed by atoms with E-state index in [-0.39, 0.29) is 11.9 Å². The molecule has 2 rings (SSSR count). The first kappa shape index (κ1) is 10.6. The molecule has 1 saturated heterocycles. The fraction of sp³-hybridized carbons (Fsp3) is 0.600.